The lowest BCUT2D eigenvalue weighted by Gasteiger charge is -2.33. The van der Waals surface area contributed by atoms with Crippen molar-refractivity contribution in [2.45, 2.75) is 39.3 Å². The molecule has 7 nitrogen and oxygen atoms in total. The van der Waals surface area contributed by atoms with Crippen molar-refractivity contribution < 1.29 is 9.90 Å². The molecule has 1 fully saturated rings. The van der Waals surface area contributed by atoms with Crippen LogP contribution in [-0.2, 0) is 6.54 Å². The standard InChI is InChI=1S/C19H27N5O2/c1-14-5-6-15(2)16(10-14)11-23-8-3-4-17(12-23)24-13-18(21-22-24)19(26)20-7-9-25/h5-6,10,13,17,25H,3-4,7-9,11-12H2,1-2H3,(H,20,26)/t17-/m0/s1. The molecule has 0 unspecified atom stereocenters. The molecule has 140 valence electrons. The van der Waals surface area contributed by atoms with Gasteiger partial charge in [-0.2, -0.15) is 0 Å². The molecule has 0 bridgehead atoms. The van der Waals surface area contributed by atoms with Crippen molar-refractivity contribution >= 4 is 5.91 Å². The molecule has 1 aliphatic rings. The third kappa shape index (κ3) is 4.47. The summed E-state index contributed by atoms with van der Waals surface area (Å²) in [5.41, 5.74) is 4.27. The second kappa shape index (κ2) is 8.42. The average Bonchev–Trinajstić information content (AvgIpc) is 3.13. The van der Waals surface area contributed by atoms with Crippen LogP contribution in [0.3, 0.4) is 0 Å². The molecule has 1 aromatic carbocycles. The third-order valence-electron chi connectivity index (χ3n) is 4.89. The van der Waals surface area contributed by atoms with Crippen molar-refractivity contribution in [3.63, 3.8) is 0 Å². The van der Waals surface area contributed by atoms with Crippen molar-refractivity contribution in [3.05, 3.63) is 46.8 Å². The number of aliphatic hydroxyl groups is 1. The van der Waals surface area contributed by atoms with E-state index in [1.807, 2.05) is 4.68 Å². The molecule has 1 atom stereocenters. The fourth-order valence-electron chi connectivity index (χ4n) is 3.42. The minimum absolute atomic E-state index is 0.0875. The highest BCUT2D eigenvalue weighted by Crippen LogP contribution is 2.23. The summed E-state index contributed by atoms with van der Waals surface area (Å²) in [5, 5.41) is 19.5. The normalized spacial score (nSPS) is 18.0. The SMILES string of the molecule is Cc1ccc(C)c(CN2CCC[C@H](n3cc(C(=O)NCCO)nn3)C2)c1. The summed E-state index contributed by atoms with van der Waals surface area (Å²) in [7, 11) is 0. The first kappa shape index (κ1) is 18.5. The molecule has 1 aliphatic heterocycles. The Balaban J connectivity index is 1.64. The maximum absolute atomic E-state index is 11.9. The number of aliphatic hydroxyl groups excluding tert-OH is 1. The largest absolute Gasteiger partial charge is 0.395 e. The quantitative estimate of drug-likeness (QED) is 0.818. The highest BCUT2D eigenvalue weighted by molar-refractivity contribution is 5.91. The molecule has 1 amide bonds. The van der Waals surface area contributed by atoms with E-state index in [4.69, 9.17) is 5.11 Å². The van der Waals surface area contributed by atoms with E-state index in [0.29, 0.717) is 5.69 Å². The van der Waals surface area contributed by atoms with Crippen LogP contribution >= 0.6 is 0 Å². The number of benzene rings is 1. The van der Waals surface area contributed by atoms with Gasteiger partial charge in [-0.1, -0.05) is 29.0 Å². The van der Waals surface area contributed by atoms with Gasteiger partial charge in [0.2, 0.25) is 0 Å². The number of piperidine rings is 1. The summed E-state index contributed by atoms with van der Waals surface area (Å²) in [6.07, 6.45) is 3.84. The van der Waals surface area contributed by atoms with E-state index in [2.05, 4.69) is 52.6 Å². The number of carbonyl (C=O) groups is 1. The Hall–Kier alpha value is -2.25. The number of hydrogen-bond acceptors (Lipinski definition) is 5. The minimum atomic E-state index is -0.298. The van der Waals surface area contributed by atoms with Crippen molar-refractivity contribution in [1.82, 2.24) is 25.2 Å². The molecule has 1 aromatic heterocycles. The topological polar surface area (TPSA) is 83.3 Å². The predicted octanol–water partition coefficient (Wildman–Crippen LogP) is 1.45. The fourth-order valence-corrected chi connectivity index (χ4v) is 3.42. The molecule has 2 N–H and O–H groups in total. The molecular weight excluding hydrogens is 330 g/mol. The van der Waals surface area contributed by atoms with Gasteiger partial charge in [0.05, 0.1) is 18.8 Å². The van der Waals surface area contributed by atoms with Crippen molar-refractivity contribution in [1.29, 1.82) is 0 Å². The Labute approximate surface area is 154 Å². The van der Waals surface area contributed by atoms with Crippen LogP contribution < -0.4 is 5.32 Å². The number of nitrogens with one attached hydrogen (secondary N) is 1. The molecule has 26 heavy (non-hydrogen) atoms. The van der Waals surface area contributed by atoms with Gasteiger partial charge >= 0.3 is 0 Å². The lowest BCUT2D eigenvalue weighted by Crippen LogP contribution is -2.36. The van der Waals surface area contributed by atoms with Crippen LogP contribution in [0.1, 0.15) is 46.1 Å². The molecule has 3 rings (SSSR count). The van der Waals surface area contributed by atoms with E-state index < -0.39 is 0 Å². The van der Waals surface area contributed by atoms with Crippen LogP contribution in [-0.4, -0.2) is 57.1 Å². The first-order chi connectivity index (χ1) is 12.6. The number of hydrogen-bond donors (Lipinski definition) is 2. The second-order valence-electron chi connectivity index (χ2n) is 7.02. The number of amides is 1. The minimum Gasteiger partial charge on any atom is -0.395 e. The van der Waals surface area contributed by atoms with Crippen LogP contribution in [0.2, 0.25) is 0 Å². The Morgan fingerprint density at radius 3 is 3.04 bits per heavy atom. The lowest BCUT2D eigenvalue weighted by molar-refractivity contribution is 0.0939. The van der Waals surface area contributed by atoms with Crippen molar-refractivity contribution in [2.24, 2.45) is 0 Å². The number of carbonyl (C=O) groups excluding carboxylic acids is 1. The van der Waals surface area contributed by atoms with Gasteiger partial charge in [0.15, 0.2) is 5.69 Å². The van der Waals surface area contributed by atoms with Crippen LogP contribution in [0.25, 0.3) is 0 Å². The average molecular weight is 357 g/mol. The van der Waals surface area contributed by atoms with Gasteiger partial charge in [0.1, 0.15) is 0 Å². The predicted molar refractivity (Wildman–Crippen MR) is 98.9 cm³/mol. The van der Waals surface area contributed by atoms with E-state index in [9.17, 15) is 4.79 Å². The Morgan fingerprint density at radius 1 is 1.38 bits per heavy atom. The smallest absolute Gasteiger partial charge is 0.273 e. The number of aromatic nitrogens is 3. The van der Waals surface area contributed by atoms with Crippen molar-refractivity contribution in [2.75, 3.05) is 26.2 Å². The molecule has 0 radical (unpaired) electrons. The molecule has 0 saturated carbocycles. The Morgan fingerprint density at radius 2 is 2.23 bits per heavy atom. The van der Waals surface area contributed by atoms with Crippen LogP contribution in [0, 0.1) is 13.8 Å². The van der Waals surface area contributed by atoms with Crippen LogP contribution in [0.15, 0.2) is 24.4 Å². The number of aryl methyl sites for hydroxylation is 2. The van der Waals surface area contributed by atoms with Gasteiger partial charge in [-0.05, 0) is 44.4 Å². The summed E-state index contributed by atoms with van der Waals surface area (Å²) in [6, 6.07) is 6.82. The summed E-state index contributed by atoms with van der Waals surface area (Å²) in [4.78, 5) is 14.4. The van der Waals surface area contributed by atoms with E-state index in [-0.39, 0.29) is 25.1 Å². The third-order valence-corrected chi connectivity index (χ3v) is 4.89. The number of likely N-dealkylation sites (tertiary alicyclic amines) is 1. The summed E-state index contributed by atoms with van der Waals surface area (Å²) < 4.78 is 1.81. The zero-order valence-electron chi connectivity index (χ0n) is 15.5. The van der Waals surface area contributed by atoms with E-state index >= 15 is 0 Å². The molecule has 2 heterocycles. The first-order valence-corrected chi connectivity index (χ1v) is 9.16. The summed E-state index contributed by atoms with van der Waals surface area (Å²) in [6.45, 7) is 7.32. The molecule has 0 spiro atoms. The maximum atomic E-state index is 11.9. The maximum Gasteiger partial charge on any atom is 0.273 e. The fraction of sp³-hybridized carbons (Fsp3) is 0.526. The second-order valence-corrected chi connectivity index (χ2v) is 7.02. The van der Waals surface area contributed by atoms with Gasteiger partial charge < -0.3 is 10.4 Å². The molecule has 0 aliphatic carbocycles. The molecular formula is C19H27N5O2. The van der Waals surface area contributed by atoms with E-state index in [1.165, 1.54) is 16.7 Å². The molecule has 7 heteroatoms. The lowest BCUT2D eigenvalue weighted by atomic mass is 10.0. The highest BCUT2D eigenvalue weighted by Gasteiger charge is 2.23. The van der Waals surface area contributed by atoms with Crippen molar-refractivity contribution in [3.8, 4) is 0 Å². The van der Waals surface area contributed by atoms with Gasteiger partial charge in [-0.15, -0.1) is 5.10 Å². The molecule has 1 saturated heterocycles. The zero-order chi connectivity index (χ0) is 18.5. The van der Waals surface area contributed by atoms with E-state index in [1.54, 1.807) is 6.20 Å². The van der Waals surface area contributed by atoms with E-state index in [0.717, 1.165) is 32.5 Å². The Kier molecular flexibility index (Phi) is 6.00. The van der Waals surface area contributed by atoms with Gasteiger partial charge in [-0.25, -0.2) is 4.68 Å². The van der Waals surface area contributed by atoms with Gasteiger partial charge in [0, 0.05) is 19.6 Å². The van der Waals surface area contributed by atoms with Crippen LogP contribution in [0.5, 0.6) is 0 Å². The monoisotopic (exact) mass is 357 g/mol. The van der Waals surface area contributed by atoms with Gasteiger partial charge in [0.25, 0.3) is 5.91 Å². The zero-order valence-corrected chi connectivity index (χ0v) is 15.5. The number of rotatable bonds is 6. The molecule has 2 aromatic rings. The van der Waals surface area contributed by atoms with Gasteiger partial charge in [-0.3, -0.25) is 9.69 Å². The highest BCUT2D eigenvalue weighted by atomic mass is 16.3. The summed E-state index contributed by atoms with van der Waals surface area (Å²) >= 11 is 0. The summed E-state index contributed by atoms with van der Waals surface area (Å²) in [5.74, 6) is -0.298. The van der Waals surface area contributed by atoms with Crippen LogP contribution in [0.4, 0.5) is 0 Å². The Bertz CT molecular complexity index is 758. The number of nitrogens with zero attached hydrogens (tertiary/aromatic N) is 4. The first-order valence-electron chi connectivity index (χ1n) is 9.16.